The van der Waals surface area contributed by atoms with E-state index in [2.05, 4.69) is 146 Å². The number of allylic oxidation sites excluding steroid dienone is 2. The summed E-state index contributed by atoms with van der Waals surface area (Å²) in [5.74, 6) is 0.554. The van der Waals surface area contributed by atoms with Crippen LogP contribution < -0.4 is 0 Å². The lowest BCUT2D eigenvalue weighted by Crippen LogP contribution is -2.06. The van der Waals surface area contributed by atoms with E-state index in [-0.39, 0.29) is 5.92 Å². The summed E-state index contributed by atoms with van der Waals surface area (Å²) in [6.07, 6.45) is 5.88. The minimum Gasteiger partial charge on any atom is -0.0622 e. The largest absolute Gasteiger partial charge is 0.0622 e. The van der Waals surface area contributed by atoms with E-state index in [1.807, 2.05) is 0 Å². The predicted molar refractivity (Wildman–Crippen MR) is 156 cm³/mol. The molecule has 0 fully saturated rings. The van der Waals surface area contributed by atoms with Crippen molar-refractivity contribution in [1.82, 2.24) is 0 Å². The van der Waals surface area contributed by atoms with Crippen LogP contribution in [0, 0.1) is 0 Å². The van der Waals surface area contributed by atoms with Gasteiger partial charge in [-0.05, 0) is 74.2 Å². The monoisotopic (exact) mass is 472 g/mol. The van der Waals surface area contributed by atoms with Gasteiger partial charge in [-0.3, -0.25) is 0 Å². The Bertz CT molecular complexity index is 1620. The van der Waals surface area contributed by atoms with Crippen LogP contribution in [-0.2, 0) is 6.42 Å². The molecule has 0 amide bonds. The second-order valence-corrected chi connectivity index (χ2v) is 10.1. The van der Waals surface area contributed by atoms with Gasteiger partial charge >= 0.3 is 0 Å². The van der Waals surface area contributed by atoms with E-state index in [9.17, 15) is 0 Å². The van der Waals surface area contributed by atoms with Gasteiger partial charge in [0.25, 0.3) is 0 Å². The topological polar surface area (TPSA) is 0 Å². The lowest BCUT2D eigenvalue weighted by Gasteiger charge is -2.22. The highest BCUT2D eigenvalue weighted by Crippen LogP contribution is 2.51. The molecule has 0 saturated heterocycles. The molecule has 0 N–H and O–H groups in total. The van der Waals surface area contributed by atoms with E-state index in [0.717, 1.165) is 6.42 Å². The Morgan fingerprint density at radius 3 is 1.73 bits per heavy atom. The molecule has 5 aromatic rings. The molecule has 176 valence electrons. The molecule has 0 spiro atoms. The highest BCUT2D eigenvalue weighted by atomic mass is 14.4. The Morgan fingerprint density at radius 1 is 0.432 bits per heavy atom. The molecule has 2 aliphatic rings. The number of fused-ring (bicyclic) bond motifs is 2. The molecule has 0 heteroatoms. The third kappa shape index (κ3) is 3.86. The zero-order valence-electron chi connectivity index (χ0n) is 20.7. The summed E-state index contributed by atoms with van der Waals surface area (Å²) in [4.78, 5) is 0. The van der Waals surface area contributed by atoms with E-state index >= 15 is 0 Å². The van der Waals surface area contributed by atoms with Crippen molar-refractivity contribution in [2.24, 2.45) is 0 Å². The van der Waals surface area contributed by atoms with Crippen molar-refractivity contribution in [2.75, 3.05) is 0 Å². The van der Waals surface area contributed by atoms with Crippen LogP contribution in [0.25, 0.3) is 23.3 Å². The molecule has 0 aliphatic heterocycles. The fraction of sp³-hybridized carbons (Fsp3) is 0.0811. The van der Waals surface area contributed by atoms with Gasteiger partial charge in [0.1, 0.15) is 0 Å². The predicted octanol–water partition coefficient (Wildman–Crippen LogP) is 9.25. The second kappa shape index (κ2) is 9.22. The van der Waals surface area contributed by atoms with Gasteiger partial charge in [-0.1, -0.05) is 133 Å². The fourth-order valence-corrected chi connectivity index (χ4v) is 6.27. The first kappa shape index (κ1) is 21.8. The van der Waals surface area contributed by atoms with E-state index in [4.69, 9.17) is 0 Å². The first-order valence-corrected chi connectivity index (χ1v) is 13.2. The van der Waals surface area contributed by atoms with Gasteiger partial charge in [-0.25, -0.2) is 0 Å². The summed E-state index contributed by atoms with van der Waals surface area (Å²) >= 11 is 0. The maximum absolute atomic E-state index is 2.48. The maximum Gasteiger partial charge on any atom is 0.0358 e. The molecule has 0 heterocycles. The van der Waals surface area contributed by atoms with Crippen molar-refractivity contribution in [3.05, 3.63) is 178 Å². The molecule has 7 rings (SSSR count). The van der Waals surface area contributed by atoms with E-state index in [1.165, 1.54) is 55.7 Å². The van der Waals surface area contributed by atoms with Gasteiger partial charge in [0.15, 0.2) is 0 Å². The van der Waals surface area contributed by atoms with Crippen LogP contribution in [0.1, 0.15) is 56.3 Å². The molecule has 2 atom stereocenters. The number of hydrogen-bond donors (Lipinski definition) is 0. The van der Waals surface area contributed by atoms with Crippen molar-refractivity contribution in [1.29, 1.82) is 0 Å². The van der Waals surface area contributed by atoms with Gasteiger partial charge in [0, 0.05) is 11.8 Å². The average Bonchev–Trinajstić information content (AvgIpc) is 3.54. The summed E-state index contributed by atoms with van der Waals surface area (Å²) in [5.41, 5.74) is 13.8. The Hall–Kier alpha value is -4.42. The Kier molecular flexibility index (Phi) is 5.44. The number of benzene rings is 5. The molecule has 0 radical (unpaired) electrons. The van der Waals surface area contributed by atoms with Crippen molar-refractivity contribution in [3.63, 3.8) is 0 Å². The standard InChI is InChI=1S/C37H28/c1-4-13-26(14-5-1)23-35-31-21-12-22-32(36(31)25-33(35)27-15-6-2-7-16-27)37-30-20-11-10-19-29(30)24-34(37)28-17-8-3-9-18-28/h1-22,24-25,35,37H,23H2. The minimum absolute atomic E-state index is 0.220. The van der Waals surface area contributed by atoms with Crippen LogP contribution in [0.4, 0.5) is 0 Å². The average molecular weight is 473 g/mol. The number of hydrogen-bond acceptors (Lipinski definition) is 0. The lowest BCUT2D eigenvalue weighted by molar-refractivity contribution is 0.862. The zero-order chi connectivity index (χ0) is 24.6. The van der Waals surface area contributed by atoms with Crippen LogP contribution in [0.3, 0.4) is 0 Å². The Labute approximate surface area is 219 Å². The Balaban J connectivity index is 1.41. The van der Waals surface area contributed by atoms with Crippen LogP contribution in [-0.4, -0.2) is 0 Å². The van der Waals surface area contributed by atoms with Gasteiger partial charge in [0.05, 0.1) is 0 Å². The van der Waals surface area contributed by atoms with Crippen molar-refractivity contribution in [2.45, 2.75) is 18.3 Å². The molecule has 37 heavy (non-hydrogen) atoms. The molecule has 0 bridgehead atoms. The van der Waals surface area contributed by atoms with Gasteiger partial charge in [0.2, 0.25) is 0 Å². The molecule has 0 aromatic heterocycles. The smallest absolute Gasteiger partial charge is 0.0358 e. The minimum atomic E-state index is 0.220. The maximum atomic E-state index is 2.48. The van der Waals surface area contributed by atoms with Crippen LogP contribution in [0.5, 0.6) is 0 Å². The third-order valence-electron chi connectivity index (χ3n) is 7.96. The fourth-order valence-electron chi connectivity index (χ4n) is 6.27. The Morgan fingerprint density at radius 2 is 1.00 bits per heavy atom. The van der Waals surface area contributed by atoms with Crippen molar-refractivity contribution >= 4 is 23.3 Å². The van der Waals surface area contributed by atoms with Crippen molar-refractivity contribution in [3.8, 4) is 0 Å². The van der Waals surface area contributed by atoms with Crippen molar-refractivity contribution < 1.29 is 0 Å². The summed E-state index contributed by atoms with van der Waals surface area (Å²) in [6.45, 7) is 0. The van der Waals surface area contributed by atoms with Crippen LogP contribution in [0.2, 0.25) is 0 Å². The molecule has 5 aromatic carbocycles. The van der Waals surface area contributed by atoms with Crippen LogP contribution in [0.15, 0.2) is 133 Å². The SMILES string of the molecule is C1=C(c2ccccc2)C(Cc2ccccc2)c2cccc(C3C(c4ccccc4)=Cc4ccccc43)c21. The second-order valence-electron chi connectivity index (χ2n) is 10.1. The van der Waals surface area contributed by atoms with Gasteiger partial charge in [-0.2, -0.15) is 0 Å². The molecule has 0 nitrogen and oxygen atoms in total. The third-order valence-corrected chi connectivity index (χ3v) is 7.96. The number of rotatable bonds is 5. The summed E-state index contributed by atoms with van der Waals surface area (Å²) in [7, 11) is 0. The molecular weight excluding hydrogens is 444 g/mol. The van der Waals surface area contributed by atoms with E-state index in [0.29, 0.717) is 5.92 Å². The van der Waals surface area contributed by atoms with Gasteiger partial charge in [-0.15, -0.1) is 0 Å². The summed E-state index contributed by atoms with van der Waals surface area (Å²) < 4.78 is 0. The lowest BCUT2D eigenvalue weighted by atomic mass is 9.81. The van der Waals surface area contributed by atoms with E-state index in [1.54, 1.807) is 0 Å². The summed E-state index contributed by atoms with van der Waals surface area (Å²) in [5, 5.41) is 0. The molecule has 0 saturated carbocycles. The first-order valence-electron chi connectivity index (χ1n) is 13.2. The zero-order valence-corrected chi connectivity index (χ0v) is 20.7. The molecule has 2 aliphatic carbocycles. The molecular formula is C37H28. The first-order chi connectivity index (χ1) is 18.4. The highest BCUT2D eigenvalue weighted by molar-refractivity contribution is 5.97. The summed E-state index contributed by atoms with van der Waals surface area (Å²) in [6, 6.07) is 48.6. The molecule has 2 unspecified atom stereocenters. The van der Waals surface area contributed by atoms with Crippen LogP contribution >= 0.6 is 0 Å². The van der Waals surface area contributed by atoms with E-state index < -0.39 is 0 Å². The normalized spacial score (nSPS) is 17.6. The quantitative estimate of drug-likeness (QED) is 0.239. The highest BCUT2D eigenvalue weighted by Gasteiger charge is 2.34. The van der Waals surface area contributed by atoms with Gasteiger partial charge < -0.3 is 0 Å².